The van der Waals surface area contributed by atoms with Gasteiger partial charge in [0.05, 0.1) is 0 Å². The minimum absolute atomic E-state index is 0. The Kier molecular flexibility index (Phi) is 3.82. The molecule has 2 aromatic carbocycles. The molecule has 0 saturated heterocycles. The second kappa shape index (κ2) is 4.92. The van der Waals surface area contributed by atoms with Crippen LogP contribution >= 0.6 is 11.3 Å². The van der Waals surface area contributed by atoms with E-state index in [1.54, 1.807) is 11.4 Å². The van der Waals surface area contributed by atoms with Crippen LogP contribution in [0.4, 0.5) is 0 Å². The normalized spacial score (nSPS) is 11.6. The Morgan fingerprint density at radius 1 is 1.00 bits per heavy atom. The van der Waals surface area contributed by atoms with Crippen LogP contribution in [0, 0.1) is 0 Å². The minimum atomic E-state index is -4.39. The van der Waals surface area contributed by atoms with E-state index in [9.17, 15) is 13.0 Å². The molecule has 0 saturated carbocycles. The molecule has 0 aliphatic rings. The van der Waals surface area contributed by atoms with Crippen molar-refractivity contribution in [3.63, 3.8) is 0 Å². The van der Waals surface area contributed by atoms with Crippen LogP contribution in [0.25, 0.3) is 21.5 Å². The van der Waals surface area contributed by atoms with Crippen molar-refractivity contribution in [3.05, 3.63) is 41.8 Å². The van der Waals surface area contributed by atoms with Crippen LogP contribution in [-0.4, -0.2) is 13.0 Å². The molecule has 0 bridgehead atoms. The van der Waals surface area contributed by atoms with E-state index in [0.717, 1.165) is 27.5 Å². The van der Waals surface area contributed by atoms with Gasteiger partial charge < -0.3 is 4.55 Å². The van der Waals surface area contributed by atoms with E-state index in [1.807, 2.05) is 30.3 Å². The zero-order valence-electron chi connectivity index (χ0n) is 9.58. The summed E-state index contributed by atoms with van der Waals surface area (Å²) in [6.45, 7) is 0. The molecule has 1 aromatic heterocycles. The Balaban J connectivity index is 0.00000120. The van der Waals surface area contributed by atoms with Crippen LogP contribution < -0.4 is 29.6 Å². The summed E-state index contributed by atoms with van der Waals surface area (Å²) in [6.07, 6.45) is 0. The smallest absolute Gasteiger partial charge is 0.743 e. The topological polar surface area (TPSA) is 57.2 Å². The van der Waals surface area contributed by atoms with Crippen LogP contribution in [0.1, 0.15) is 0 Å². The Hall–Kier alpha value is -0.430. The Morgan fingerprint density at radius 2 is 1.61 bits per heavy atom. The predicted molar refractivity (Wildman–Crippen MR) is 67.3 cm³/mol. The summed E-state index contributed by atoms with van der Waals surface area (Å²) < 4.78 is 33.2. The monoisotopic (exact) mass is 286 g/mol. The van der Waals surface area contributed by atoms with Crippen molar-refractivity contribution in [2.75, 3.05) is 0 Å². The first-order valence-electron chi connectivity index (χ1n) is 4.91. The molecule has 3 aromatic rings. The van der Waals surface area contributed by atoms with Crippen LogP contribution in [-0.2, 0) is 10.1 Å². The Labute approximate surface area is 130 Å². The van der Waals surface area contributed by atoms with E-state index < -0.39 is 10.1 Å². The van der Waals surface area contributed by atoms with Gasteiger partial charge in [0, 0.05) is 5.39 Å². The fraction of sp³-hybridized carbons (Fsp3) is 0. The summed E-state index contributed by atoms with van der Waals surface area (Å²) in [5, 5.41) is 4.98. The molecule has 0 amide bonds. The first-order valence-corrected chi connectivity index (χ1v) is 7.20. The van der Waals surface area contributed by atoms with E-state index in [0.29, 0.717) is 5.39 Å². The maximum Gasteiger partial charge on any atom is 1.00 e. The third kappa shape index (κ3) is 2.34. The van der Waals surface area contributed by atoms with Crippen LogP contribution in [0.3, 0.4) is 0 Å². The van der Waals surface area contributed by atoms with Crippen molar-refractivity contribution in [2.24, 2.45) is 0 Å². The van der Waals surface area contributed by atoms with Crippen LogP contribution in [0.5, 0.6) is 0 Å². The number of hydrogen-bond acceptors (Lipinski definition) is 4. The molecule has 18 heavy (non-hydrogen) atoms. The second-order valence-corrected chi connectivity index (χ2v) is 6.22. The predicted octanol–water partition coefficient (Wildman–Crippen LogP) is -0.0374. The summed E-state index contributed by atoms with van der Waals surface area (Å²) in [5.74, 6) is 0. The average Bonchev–Trinajstić information content (AvgIpc) is 2.68. The second-order valence-electron chi connectivity index (χ2n) is 3.76. The van der Waals surface area contributed by atoms with Gasteiger partial charge in [0.2, 0.25) is 0 Å². The third-order valence-electron chi connectivity index (χ3n) is 2.66. The van der Waals surface area contributed by atoms with Crippen molar-refractivity contribution in [1.82, 2.24) is 0 Å². The maximum absolute atomic E-state index is 11.1. The van der Waals surface area contributed by atoms with Gasteiger partial charge in [-0.2, -0.15) is 0 Å². The van der Waals surface area contributed by atoms with Crippen molar-refractivity contribution >= 4 is 43.0 Å². The van der Waals surface area contributed by atoms with Crippen molar-refractivity contribution in [1.29, 1.82) is 0 Å². The summed E-state index contributed by atoms with van der Waals surface area (Å²) in [7, 11) is -4.39. The molecule has 86 valence electrons. The van der Waals surface area contributed by atoms with Crippen molar-refractivity contribution in [3.8, 4) is 0 Å². The molecule has 0 atom stereocenters. The van der Waals surface area contributed by atoms with Crippen LogP contribution in [0.2, 0.25) is 0 Å². The largest absolute Gasteiger partial charge is 1.00 e. The first-order chi connectivity index (χ1) is 8.05. The van der Waals surface area contributed by atoms with E-state index in [2.05, 4.69) is 0 Å². The van der Waals surface area contributed by atoms with Gasteiger partial charge in [0.25, 0.3) is 0 Å². The number of hydrogen-bond donors (Lipinski definition) is 0. The van der Waals surface area contributed by atoms with E-state index in [1.165, 1.54) is 0 Å². The standard InChI is InChI=1S/C12H8O3S2.Na/c13-17(14,15)12-11-6-9-4-2-1-3-8(9)5-10(11)7-16-12;/h1-7H,(H,13,14,15);/q;+1/p-1. The average molecular weight is 286 g/mol. The number of fused-ring (bicyclic) bond motifs is 2. The molecule has 3 nitrogen and oxygen atoms in total. The van der Waals surface area contributed by atoms with E-state index >= 15 is 0 Å². The van der Waals surface area contributed by atoms with Gasteiger partial charge in [0.1, 0.15) is 14.3 Å². The molecule has 0 radical (unpaired) electrons. The van der Waals surface area contributed by atoms with Gasteiger partial charge in [-0.15, -0.1) is 11.3 Å². The Bertz CT molecular complexity index is 822. The third-order valence-corrected chi connectivity index (χ3v) is 5.04. The quantitative estimate of drug-likeness (QED) is 0.466. The molecule has 1 heterocycles. The molecule has 0 unspecified atom stereocenters. The summed E-state index contributed by atoms with van der Waals surface area (Å²) in [4.78, 5) is 0. The SMILES string of the molecule is O=S(=O)([O-])c1scc2cc3ccccc3cc12.[Na+]. The summed E-state index contributed by atoms with van der Waals surface area (Å²) in [5.41, 5.74) is 0. The number of rotatable bonds is 1. The fourth-order valence-corrected chi connectivity index (χ4v) is 3.70. The van der Waals surface area contributed by atoms with Gasteiger partial charge in [-0.05, 0) is 33.7 Å². The van der Waals surface area contributed by atoms with Gasteiger partial charge in [-0.1, -0.05) is 24.3 Å². The fourth-order valence-electron chi connectivity index (χ4n) is 1.91. The first kappa shape index (κ1) is 14.0. The molecule has 0 aliphatic heterocycles. The van der Waals surface area contributed by atoms with E-state index in [4.69, 9.17) is 0 Å². The summed E-state index contributed by atoms with van der Waals surface area (Å²) >= 11 is 0.980. The van der Waals surface area contributed by atoms with Gasteiger partial charge in [-0.3, -0.25) is 0 Å². The Morgan fingerprint density at radius 3 is 2.22 bits per heavy atom. The van der Waals surface area contributed by atoms with Gasteiger partial charge in [0.15, 0.2) is 0 Å². The minimum Gasteiger partial charge on any atom is -0.743 e. The molecule has 0 N–H and O–H groups in total. The van der Waals surface area contributed by atoms with Crippen molar-refractivity contribution in [2.45, 2.75) is 4.21 Å². The zero-order valence-corrected chi connectivity index (χ0v) is 13.2. The number of benzene rings is 2. The molecule has 6 heteroatoms. The van der Waals surface area contributed by atoms with Crippen LogP contribution in [0.15, 0.2) is 46.0 Å². The van der Waals surface area contributed by atoms with Crippen molar-refractivity contribution < 1.29 is 42.5 Å². The molecule has 0 aliphatic carbocycles. The molecular weight excluding hydrogens is 279 g/mol. The van der Waals surface area contributed by atoms with Gasteiger partial charge >= 0.3 is 29.6 Å². The molecule has 0 fully saturated rings. The molecular formula is C12H7NaO3S2. The maximum atomic E-state index is 11.1. The zero-order chi connectivity index (χ0) is 12.0. The van der Waals surface area contributed by atoms with E-state index in [-0.39, 0.29) is 33.8 Å². The molecule has 3 rings (SSSR count). The van der Waals surface area contributed by atoms with Gasteiger partial charge in [-0.25, -0.2) is 8.42 Å². The molecule has 0 spiro atoms. The summed E-state index contributed by atoms with van der Waals surface area (Å²) in [6, 6.07) is 11.3. The number of thiophene rings is 1.